The van der Waals surface area contributed by atoms with Crippen molar-refractivity contribution in [3.8, 4) is 0 Å². The maximum absolute atomic E-state index is 12.3. The summed E-state index contributed by atoms with van der Waals surface area (Å²) in [5, 5.41) is 3.94. The summed E-state index contributed by atoms with van der Waals surface area (Å²) < 4.78 is 11.4. The minimum atomic E-state index is -0.721. The molecular weight excluding hydrogens is 346 g/mol. The number of benzene rings is 1. The van der Waals surface area contributed by atoms with E-state index in [0.29, 0.717) is 37.7 Å². The summed E-state index contributed by atoms with van der Waals surface area (Å²) in [6.07, 6.45) is 1.18. The van der Waals surface area contributed by atoms with Crippen molar-refractivity contribution in [1.29, 1.82) is 0 Å². The van der Waals surface area contributed by atoms with Crippen LogP contribution < -0.4 is 5.32 Å². The van der Waals surface area contributed by atoms with Crippen molar-refractivity contribution in [2.75, 3.05) is 25.1 Å². The number of hydrogen-bond donors (Lipinski definition) is 1. The third-order valence-electron chi connectivity index (χ3n) is 3.32. The maximum atomic E-state index is 12.3. The summed E-state index contributed by atoms with van der Waals surface area (Å²) in [5.74, 6) is -0.227. The fourth-order valence-electron chi connectivity index (χ4n) is 2.22. The van der Waals surface area contributed by atoms with E-state index < -0.39 is 5.54 Å². The lowest BCUT2D eigenvalue weighted by molar-refractivity contribution is -0.152. The summed E-state index contributed by atoms with van der Waals surface area (Å²) in [5.41, 5.74) is 0.109. The normalized spacial score (nSPS) is 17.6. The predicted octanol–water partition coefficient (Wildman–Crippen LogP) is 3.63. The molecule has 0 saturated carbocycles. The van der Waals surface area contributed by atoms with Crippen LogP contribution in [0.2, 0.25) is 5.02 Å². The van der Waals surface area contributed by atoms with Gasteiger partial charge >= 0.3 is 5.97 Å². The lowest BCUT2D eigenvalue weighted by atomic mass is 9.89. The zero-order valence-corrected chi connectivity index (χ0v) is 13.6. The minimum Gasteiger partial charge on any atom is -0.464 e. The van der Waals surface area contributed by atoms with E-state index in [0.717, 1.165) is 10.2 Å². The number of carbonyl (C=O) groups excluding carboxylic acids is 1. The van der Waals surface area contributed by atoms with Gasteiger partial charge in [0.05, 0.1) is 11.6 Å². The van der Waals surface area contributed by atoms with Crippen molar-refractivity contribution < 1.29 is 14.3 Å². The van der Waals surface area contributed by atoms with Crippen LogP contribution in [-0.4, -0.2) is 31.3 Å². The van der Waals surface area contributed by atoms with Crippen molar-refractivity contribution >= 4 is 39.2 Å². The second-order valence-corrected chi connectivity index (χ2v) is 5.93. The quantitative estimate of drug-likeness (QED) is 0.831. The van der Waals surface area contributed by atoms with E-state index in [4.69, 9.17) is 21.1 Å². The topological polar surface area (TPSA) is 47.6 Å². The van der Waals surface area contributed by atoms with Crippen LogP contribution in [-0.2, 0) is 14.3 Å². The Morgan fingerprint density at radius 3 is 2.80 bits per heavy atom. The largest absolute Gasteiger partial charge is 0.464 e. The predicted molar refractivity (Wildman–Crippen MR) is 82.2 cm³/mol. The molecule has 0 radical (unpaired) electrons. The van der Waals surface area contributed by atoms with Crippen molar-refractivity contribution in [3.63, 3.8) is 0 Å². The van der Waals surface area contributed by atoms with Gasteiger partial charge in [-0.2, -0.15) is 0 Å². The highest BCUT2D eigenvalue weighted by atomic mass is 79.9. The SMILES string of the molecule is CCOC(=O)C1(Nc2ccc(Cl)c(Br)c2)CCOCC1. The summed E-state index contributed by atoms with van der Waals surface area (Å²) in [6, 6.07) is 5.49. The Hall–Kier alpha value is -0.780. The number of ether oxygens (including phenoxy) is 2. The second-order valence-electron chi connectivity index (χ2n) is 4.67. The van der Waals surface area contributed by atoms with Crippen LogP contribution in [0.25, 0.3) is 0 Å². The fraction of sp³-hybridized carbons (Fsp3) is 0.500. The Labute approximate surface area is 131 Å². The van der Waals surface area contributed by atoms with Gasteiger partial charge in [-0.15, -0.1) is 0 Å². The molecule has 4 nitrogen and oxygen atoms in total. The summed E-state index contributed by atoms with van der Waals surface area (Å²) in [7, 11) is 0. The van der Waals surface area contributed by atoms with Gasteiger partial charge in [-0.25, -0.2) is 4.79 Å². The minimum absolute atomic E-state index is 0.227. The monoisotopic (exact) mass is 361 g/mol. The molecule has 1 saturated heterocycles. The van der Waals surface area contributed by atoms with Gasteiger partial charge in [0, 0.05) is 36.2 Å². The third-order valence-corrected chi connectivity index (χ3v) is 4.53. The zero-order chi connectivity index (χ0) is 14.6. The molecule has 1 heterocycles. The van der Waals surface area contributed by atoms with E-state index in [-0.39, 0.29) is 5.97 Å². The van der Waals surface area contributed by atoms with E-state index in [1.165, 1.54) is 0 Å². The average molecular weight is 363 g/mol. The molecular formula is C14H17BrClNO3. The first-order valence-electron chi connectivity index (χ1n) is 6.55. The number of carbonyl (C=O) groups is 1. The van der Waals surface area contributed by atoms with Crippen molar-refractivity contribution in [2.24, 2.45) is 0 Å². The first-order chi connectivity index (χ1) is 9.57. The van der Waals surface area contributed by atoms with E-state index in [2.05, 4.69) is 21.2 Å². The van der Waals surface area contributed by atoms with Crippen LogP contribution in [0, 0.1) is 0 Å². The molecule has 1 aliphatic rings. The van der Waals surface area contributed by atoms with Crippen LogP contribution in [0.3, 0.4) is 0 Å². The first kappa shape index (κ1) is 15.6. The zero-order valence-electron chi connectivity index (χ0n) is 11.2. The Morgan fingerprint density at radius 1 is 1.50 bits per heavy atom. The Morgan fingerprint density at radius 2 is 2.20 bits per heavy atom. The standard InChI is InChI=1S/C14H17BrClNO3/c1-2-20-13(18)14(5-7-19-8-6-14)17-10-3-4-12(16)11(15)9-10/h3-4,9,17H,2,5-8H2,1H3. The molecule has 110 valence electrons. The summed E-state index contributed by atoms with van der Waals surface area (Å²) in [4.78, 5) is 12.3. The van der Waals surface area contributed by atoms with Crippen molar-refractivity contribution in [1.82, 2.24) is 0 Å². The van der Waals surface area contributed by atoms with Crippen LogP contribution in [0.1, 0.15) is 19.8 Å². The Bertz CT molecular complexity index is 489. The van der Waals surface area contributed by atoms with E-state index in [1.54, 1.807) is 6.07 Å². The van der Waals surface area contributed by atoms with Crippen molar-refractivity contribution in [2.45, 2.75) is 25.3 Å². The lowest BCUT2D eigenvalue weighted by Gasteiger charge is -2.36. The van der Waals surface area contributed by atoms with Gasteiger partial charge in [0.1, 0.15) is 5.54 Å². The molecule has 1 fully saturated rings. The lowest BCUT2D eigenvalue weighted by Crippen LogP contribution is -2.51. The van der Waals surface area contributed by atoms with Gasteiger partial charge in [-0.1, -0.05) is 11.6 Å². The molecule has 0 aromatic heterocycles. The average Bonchev–Trinajstić information content (AvgIpc) is 2.44. The van der Waals surface area contributed by atoms with Gasteiger partial charge in [-0.3, -0.25) is 0 Å². The molecule has 0 amide bonds. The maximum Gasteiger partial charge on any atom is 0.331 e. The highest BCUT2D eigenvalue weighted by Crippen LogP contribution is 2.31. The van der Waals surface area contributed by atoms with Crippen molar-refractivity contribution in [3.05, 3.63) is 27.7 Å². The Kier molecular flexibility index (Phi) is 5.29. The van der Waals surface area contributed by atoms with Crippen LogP contribution >= 0.6 is 27.5 Å². The molecule has 6 heteroatoms. The number of nitrogens with one attached hydrogen (secondary N) is 1. The van der Waals surface area contributed by atoms with Gasteiger partial charge in [0.25, 0.3) is 0 Å². The number of anilines is 1. The van der Waals surface area contributed by atoms with E-state index in [9.17, 15) is 4.79 Å². The molecule has 20 heavy (non-hydrogen) atoms. The molecule has 0 bridgehead atoms. The fourth-order valence-corrected chi connectivity index (χ4v) is 2.72. The van der Waals surface area contributed by atoms with E-state index >= 15 is 0 Å². The molecule has 0 aliphatic carbocycles. The van der Waals surface area contributed by atoms with Gasteiger partial charge in [0.2, 0.25) is 0 Å². The highest BCUT2D eigenvalue weighted by Gasteiger charge is 2.41. The molecule has 0 atom stereocenters. The molecule has 0 unspecified atom stereocenters. The van der Waals surface area contributed by atoms with Crippen LogP contribution in [0.4, 0.5) is 5.69 Å². The highest BCUT2D eigenvalue weighted by molar-refractivity contribution is 9.10. The Balaban J connectivity index is 2.22. The first-order valence-corrected chi connectivity index (χ1v) is 7.73. The molecule has 1 aromatic carbocycles. The van der Waals surface area contributed by atoms with E-state index in [1.807, 2.05) is 19.1 Å². The van der Waals surface area contributed by atoms with Crippen LogP contribution in [0.15, 0.2) is 22.7 Å². The second kappa shape index (κ2) is 6.78. The molecule has 1 N–H and O–H groups in total. The molecule has 2 rings (SSSR count). The summed E-state index contributed by atoms with van der Waals surface area (Å²) in [6.45, 7) is 3.26. The molecule has 1 aliphatic heterocycles. The number of rotatable bonds is 4. The summed E-state index contributed by atoms with van der Waals surface area (Å²) >= 11 is 9.37. The molecule has 1 aromatic rings. The third kappa shape index (κ3) is 3.45. The smallest absolute Gasteiger partial charge is 0.331 e. The van der Waals surface area contributed by atoms with Crippen LogP contribution in [0.5, 0.6) is 0 Å². The van der Waals surface area contributed by atoms with Gasteiger partial charge in [-0.05, 0) is 41.1 Å². The number of esters is 1. The van der Waals surface area contributed by atoms with Gasteiger partial charge < -0.3 is 14.8 Å². The number of halogens is 2. The van der Waals surface area contributed by atoms with Gasteiger partial charge in [0.15, 0.2) is 0 Å². The molecule has 0 spiro atoms. The number of hydrogen-bond acceptors (Lipinski definition) is 4.